The van der Waals surface area contributed by atoms with E-state index in [2.05, 4.69) is 20.5 Å². The van der Waals surface area contributed by atoms with Gasteiger partial charge in [-0.15, -0.1) is 0 Å². The van der Waals surface area contributed by atoms with E-state index in [0.717, 1.165) is 42.9 Å². The van der Waals surface area contributed by atoms with Gasteiger partial charge in [0.15, 0.2) is 5.78 Å². The van der Waals surface area contributed by atoms with Crippen molar-refractivity contribution in [2.75, 3.05) is 30.3 Å². The van der Waals surface area contributed by atoms with Crippen LogP contribution in [0.4, 0.5) is 27.3 Å². The summed E-state index contributed by atoms with van der Waals surface area (Å²) in [6, 6.07) is 10.2. The maximum absolute atomic E-state index is 14.5. The highest BCUT2D eigenvalue weighted by molar-refractivity contribution is 6.09. The van der Waals surface area contributed by atoms with E-state index in [1.165, 1.54) is 12.1 Å². The molecule has 0 bridgehead atoms. The number of anilines is 4. The van der Waals surface area contributed by atoms with Gasteiger partial charge in [-0.1, -0.05) is 12.1 Å². The molecule has 2 aliphatic heterocycles. The average molecular weight is 463 g/mol. The lowest BCUT2D eigenvalue weighted by atomic mass is 10.0. The number of ketones is 1. The van der Waals surface area contributed by atoms with Crippen LogP contribution in [0.3, 0.4) is 0 Å². The maximum atomic E-state index is 14.5. The Morgan fingerprint density at radius 3 is 2.88 bits per heavy atom. The molecule has 3 aromatic rings. The fourth-order valence-corrected chi connectivity index (χ4v) is 4.71. The zero-order valence-electron chi connectivity index (χ0n) is 18.9. The molecule has 1 atom stereocenters. The summed E-state index contributed by atoms with van der Waals surface area (Å²) >= 11 is 0. The highest BCUT2D eigenvalue weighted by atomic mass is 19.1. The largest absolute Gasteiger partial charge is 0.508 e. The molecule has 8 heteroatoms. The van der Waals surface area contributed by atoms with Gasteiger partial charge in [0.25, 0.3) is 0 Å². The van der Waals surface area contributed by atoms with Gasteiger partial charge in [-0.25, -0.2) is 9.37 Å². The lowest BCUT2D eigenvalue weighted by molar-refractivity contribution is 0.0995. The molecule has 1 fully saturated rings. The first-order valence-corrected chi connectivity index (χ1v) is 11.4. The van der Waals surface area contributed by atoms with E-state index in [1.54, 1.807) is 19.2 Å². The molecule has 0 spiro atoms. The van der Waals surface area contributed by atoms with Gasteiger partial charge < -0.3 is 20.8 Å². The Balaban J connectivity index is 1.41. The van der Waals surface area contributed by atoms with E-state index in [9.17, 15) is 19.4 Å². The Morgan fingerprint density at radius 2 is 2.09 bits per heavy atom. The zero-order chi connectivity index (χ0) is 23.8. The fourth-order valence-electron chi connectivity index (χ4n) is 4.71. The van der Waals surface area contributed by atoms with Crippen LogP contribution in [0.2, 0.25) is 0 Å². The summed E-state index contributed by atoms with van der Waals surface area (Å²) in [5, 5.41) is 25.6. The summed E-state index contributed by atoms with van der Waals surface area (Å²) in [6.45, 7) is 4.43. The Morgan fingerprint density at radius 1 is 1.24 bits per heavy atom. The first-order chi connectivity index (χ1) is 16.4. The number of aromatic nitrogens is 1. The molecular weight excluding hydrogens is 435 g/mol. The van der Waals surface area contributed by atoms with Crippen LogP contribution in [0.1, 0.15) is 33.5 Å². The molecule has 0 amide bonds. The molecule has 1 unspecified atom stereocenters. The van der Waals surface area contributed by atoms with Gasteiger partial charge >= 0.3 is 0 Å². The van der Waals surface area contributed by atoms with Crippen molar-refractivity contribution in [2.24, 2.45) is 5.92 Å². The molecule has 5 rings (SSSR count). The second-order valence-electron chi connectivity index (χ2n) is 9.11. The average Bonchev–Trinajstić information content (AvgIpc) is 3.20. The highest BCUT2D eigenvalue weighted by Crippen LogP contribution is 2.36. The van der Waals surface area contributed by atoms with Crippen LogP contribution in [0.25, 0.3) is 0 Å². The summed E-state index contributed by atoms with van der Waals surface area (Å²) in [4.78, 5) is 20.0. The third-order valence-electron chi connectivity index (χ3n) is 6.59. The quantitative estimate of drug-likeness (QED) is 0.449. The highest BCUT2D eigenvalue weighted by Gasteiger charge is 2.26. The Kier molecular flexibility index (Phi) is 5.93. The predicted octanol–water partition coefficient (Wildman–Crippen LogP) is 4.27. The lowest BCUT2D eigenvalue weighted by Crippen LogP contribution is -2.21. The monoisotopic (exact) mass is 462 g/mol. The van der Waals surface area contributed by atoms with Crippen LogP contribution >= 0.6 is 0 Å². The number of aliphatic hydroxyl groups excluding tert-OH is 1. The number of halogens is 1. The number of phenolic OH excluding ortho intramolecular Hbond substituents is 1. The molecule has 2 aliphatic rings. The Hall–Kier alpha value is -3.49. The first kappa shape index (κ1) is 22.3. The van der Waals surface area contributed by atoms with E-state index < -0.39 is 5.82 Å². The third kappa shape index (κ3) is 4.34. The molecule has 7 nitrogen and oxygen atoms in total. The van der Waals surface area contributed by atoms with Gasteiger partial charge in [-0.3, -0.25) is 9.69 Å². The fraction of sp³-hybridized carbons (Fsp3) is 0.308. The number of fused-ring (bicyclic) bond motifs is 2. The minimum absolute atomic E-state index is 0.0308. The molecule has 0 radical (unpaired) electrons. The number of carbonyl (C=O) groups is 1. The van der Waals surface area contributed by atoms with Gasteiger partial charge in [0.1, 0.15) is 17.4 Å². The minimum Gasteiger partial charge on any atom is -0.508 e. The summed E-state index contributed by atoms with van der Waals surface area (Å²) in [6.07, 6.45) is 2.74. The van der Waals surface area contributed by atoms with E-state index in [0.29, 0.717) is 28.6 Å². The molecule has 176 valence electrons. The smallest absolute Gasteiger partial charge is 0.173 e. The van der Waals surface area contributed by atoms with Gasteiger partial charge in [0.2, 0.25) is 0 Å². The topological polar surface area (TPSA) is 97.7 Å². The van der Waals surface area contributed by atoms with Crippen molar-refractivity contribution in [3.05, 3.63) is 70.7 Å². The van der Waals surface area contributed by atoms with Crippen molar-refractivity contribution >= 4 is 28.7 Å². The van der Waals surface area contributed by atoms with Crippen molar-refractivity contribution in [3.63, 3.8) is 0 Å². The van der Waals surface area contributed by atoms with Crippen molar-refractivity contribution in [3.8, 4) is 5.75 Å². The van der Waals surface area contributed by atoms with Crippen LogP contribution in [-0.4, -0.2) is 45.6 Å². The van der Waals surface area contributed by atoms with E-state index in [-0.39, 0.29) is 30.2 Å². The molecule has 0 saturated carbocycles. The van der Waals surface area contributed by atoms with E-state index in [1.807, 2.05) is 18.2 Å². The number of carbonyl (C=O) groups excluding carboxylic acids is 1. The number of aryl methyl sites for hydroxylation is 1. The summed E-state index contributed by atoms with van der Waals surface area (Å²) in [7, 11) is 0. The number of Topliss-reactive ketones (excluding diaryl/α,β-unsaturated/α-hetero) is 1. The second kappa shape index (κ2) is 9.04. The van der Waals surface area contributed by atoms with Crippen molar-refractivity contribution in [1.82, 2.24) is 9.88 Å². The van der Waals surface area contributed by atoms with E-state index >= 15 is 0 Å². The molecular formula is C26H27FN4O3. The number of hydrogen-bond acceptors (Lipinski definition) is 7. The molecule has 34 heavy (non-hydrogen) atoms. The normalized spacial score (nSPS) is 17.6. The number of pyridine rings is 1. The van der Waals surface area contributed by atoms with Crippen LogP contribution < -0.4 is 10.6 Å². The summed E-state index contributed by atoms with van der Waals surface area (Å²) in [5.74, 6) is 0.0524. The van der Waals surface area contributed by atoms with Crippen molar-refractivity contribution in [1.29, 1.82) is 0 Å². The Labute approximate surface area is 197 Å². The molecule has 3 heterocycles. The van der Waals surface area contributed by atoms with E-state index in [4.69, 9.17) is 0 Å². The minimum atomic E-state index is -0.520. The number of benzene rings is 2. The molecule has 2 aromatic carbocycles. The number of rotatable bonds is 5. The lowest BCUT2D eigenvalue weighted by Gasteiger charge is -2.17. The maximum Gasteiger partial charge on any atom is 0.173 e. The number of hydrogen-bond donors (Lipinski definition) is 4. The van der Waals surface area contributed by atoms with Crippen molar-refractivity contribution < 1.29 is 19.4 Å². The van der Waals surface area contributed by atoms with Gasteiger partial charge in [-0.05, 0) is 60.7 Å². The number of phenols is 1. The standard InChI is InChI=1S/C26H27FN4O3/c1-15-8-19(27)22(11-23(15)33)29-21-4-6-28-26-25(21)24(34)10-18-9-16(2-3-20(18)30-26)12-31-7-5-17(13-31)14-32/h2-4,6,8-9,11,17,32-33H,5,7,10,12-14H2,1H3,(H2,28,29,30). The number of aliphatic hydroxyl groups is 1. The third-order valence-corrected chi connectivity index (χ3v) is 6.59. The van der Waals surface area contributed by atoms with Gasteiger partial charge in [-0.2, -0.15) is 0 Å². The van der Waals surface area contributed by atoms with Crippen molar-refractivity contribution in [2.45, 2.75) is 26.3 Å². The van der Waals surface area contributed by atoms with Crippen LogP contribution in [-0.2, 0) is 13.0 Å². The SMILES string of the molecule is Cc1cc(F)c(Nc2ccnc3c2C(=O)Cc2cc(CN4CCC(CO)C4)ccc2N3)cc1O. The van der Waals surface area contributed by atoms with Gasteiger partial charge in [0, 0.05) is 44.1 Å². The summed E-state index contributed by atoms with van der Waals surface area (Å²) in [5.41, 5.74) is 4.09. The Bertz CT molecular complexity index is 1260. The summed E-state index contributed by atoms with van der Waals surface area (Å²) < 4.78 is 14.5. The van der Waals surface area contributed by atoms with Crippen LogP contribution in [0.15, 0.2) is 42.6 Å². The second-order valence-corrected chi connectivity index (χ2v) is 9.11. The first-order valence-electron chi connectivity index (χ1n) is 11.4. The molecule has 1 saturated heterocycles. The number of nitrogens with one attached hydrogen (secondary N) is 2. The number of aromatic hydroxyl groups is 1. The predicted molar refractivity (Wildman–Crippen MR) is 129 cm³/mol. The molecule has 4 N–H and O–H groups in total. The number of likely N-dealkylation sites (tertiary alicyclic amines) is 1. The van der Waals surface area contributed by atoms with Crippen LogP contribution in [0, 0.1) is 18.7 Å². The number of nitrogens with zero attached hydrogens (tertiary/aromatic N) is 2. The molecule has 1 aromatic heterocycles. The molecule has 0 aliphatic carbocycles. The zero-order valence-corrected chi connectivity index (χ0v) is 18.9. The van der Waals surface area contributed by atoms with Gasteiger partial charge in [0.05, 0.1) is 16.9 Å². The van der Waals surface area contributed by atoms with Crippen LogP contribution in [0.5, 0.6) is 5.75 Å².